The van der Waals surface area contributed by atoms with Crippen LogP contribution >= 0.6 is 0 Å². The minimum Gasteiger partial charge on any atom is -0.385 e. The van der Waals surface area contributed by atoms with Gasteiger partial charge in [0, 0.05) is 88.4 Å². The number of hydrogen-bond acceptors (Lipinski definition) is 10. The molecule has 4 aromatic carbocycles. The number of nitrogens with one attached hydrogen (secondary N) is 2. The highest BCUT2D eigenvalue weighted by molar-refractivity contribution is 5.89. The van der Waals surface area contributed by atoms with Crippen molar-refractivity contribution in [2.24, 2.45) is 0 Å². The van der Waals surface area contributed by atoms with Crippen LogP contribution in [0, 0.1) is 0 Å². The monoisotopic (exact) mass is 740 g/mol. The van der Waals surface area contributed by atoms with Crippen molar-refractivity contribution in [2.75, 3.05) is 126 Å². The molecule has 4 aromatic rings. The van der Waals surface area contributed by atoms with Crippen LogP contribution in [0.4, 0.5) is 22.7 Å². The third-order valence-corrected chi connectivity index (χ3v) is 9.65. The molecule has 0 aromatic heterocycles. The largest absolute Gasteiger partial charge is 0.385 e. The first kappa shape index (κ1) is 39.8. The maximum atomic E-state index is 5.96. The molecule has 0 unspecified atom stereocenters. The van der Waals surface area contributed by atoms with Gasteiger partial charge in [-0.05, 0) is 96.1 Å². The van der Waals surface area contributed by atoms with Crippen LogP contribution in [0.2, 0.25) is 0 Å². The lowest BCUT2D eigenvalue weighted by Crippen LogP contribution is -2.26. The summed E-state index contributed by atoms with van der Waals surface area (Å²) in [4.78, 5) is 4.97. The average Bonchev–Trinajstić information content (AvgIpc) is 3.19. The van der Waals surface area contributed by atoms with E-state index < -0.39 is 0 Å². The summed E-state index contributed by atoms with van der Waals surface area (Å²) in [7, 11) is 0. The van der Waals surface area contributed by atoms with Gasteiger partial charge in [-0.25, -0.2) is 0 Å². The summed E-state index contributed by atoms with van der Waals surface area (Å²) in [6.07, 6.45) is 3.68. The first-order valence-electron chi connectivity index (χ1n) is 20.0. The normalized spacial score (nSPS) is 19.1. The summed E-state index contributed by atoms with van der Waals surface area (Å²) in [5, 5.41) is 9.66. The van der Waals surface area contributed by atoms with E-state index in [0.29, 0.717) is 79.3 Å². The molecule has 2 aliphatic heterocycles. The number of ether oxygens (including phenoxy) is 6. The van der Waals surface area contributed by atoms with Gasteiger partial charge < -0.3 is 48.9 Å². The molecule has 0 aliphatic carbocycles. The molecule has 2 aliphatic rings. The molecule has 54 heavy (non-hydrogen) atoms. The topological polar surface area (TPSA) is 85.9 Å². The Morgan fingerprint density at radius 2 is 0.796 bits per heavy atom. The molecule has 2 N–H and O–H groups in total. The van der Waals surface area contributed by atoms with Gasteiger partial charge in [-0.15, -0.1) is 0 Å². The van der Waals surface area contributed by atoms with Gasteiger partial charge in [0.1, 0.15) is 0 Å². The van der Waals surface area contributed by atoms with Crippen LogP contribution in [0.3, 0.4) is 0 Å². The lowest BCUT2D eigenvalue weighted by molar-refractivity contribution is 0.0142. The predicted octanol–water partition coefficient (Wildman–Crippen LogP) is 7.36. The van der Waals surface area contributed by atoms with Gasteiger partial charge in [-0.3, -0.25) is 0 Å². The number of rotatable bonds is 0. The van der Waals surface area contributed by atoms with E-state index in [1.165, 1.54) is 33.3 Å². The van der Waals surface area contributed by atoms with Crippen molar-refractivity contribution < 1.29 is 28.4 Å². The highest BCUT2D eigenvalue weighted by Gasteiger charge is 2.13. The fraction of sp³-hybridized carbons (Fsp3) is 0.500. The standard InChI is InChI=1S/C44H60N4O6/c1-7-37-31-41(9-1)45-15-3-19-49-23-27-53-28-24-50-20-4-16-46-42-10-2-8-38(32-42)36-48-18-6-22-52-26-30-54-29-25-51-21-5-17-47(35-37)43-13-11-39-12-14-44(48)34-40(39)33-43/h1-2,7-14,31-34,45-46H,3-6,15-30,35-36H2. The summed E-state index contributed by atoms with van der Waals surface area (Å²) >= 11 is 0. The van der Waals surface area contributed by atoms with Gasteiger partial charge >= 0.3 is 0 Å². The lowest BCUT2D eigenvalue weighted by atomic mass is 10.1. The van der Waals surface area contributed by atoms with E-state index in [1.807, 2.05) is 0 Å². The van der Waals surface area contributed by atoms with Crippen LogP contribution in [0.15, 0.2) is 84.9 Å². The minimum absolute atomic E-state index is 0.578. The number of hydrogen-bond donors (Lipinski definition) is 2. The second-order valence-electron chi connectivity index (χ2n) is 13.9. The molecule has 292 valence electrons. The Kier molecular flexibility index (Phi) is 17.0. The molecule has 0 amide bonds. The number of nitrogens with zero attached hydrogens (tertiary/aromatic N) is 2. The average molecular weight is 741 g/mol. The highest BCUT2D eigenvalue weighted by Crippen LogP contribution is 2.29. The summed E-state index contributed by atoms with van der Waals surface area (Å²) < 4.78 is 35.0. The molecule has 9 bridgehead atoms. The van der Waals surface area contributed by atoms with E-state index in [9.17, 15) is 0 Å². The Hall–Kier alpha value is -3.90. The van der Waals surface area contributed by atoms with Gasteiger partial charge in [0.2, 0.25) is 0 Å². The second-order valence-corrected chi connectivity index (χ2v) is 13.9. The van der Waals surface area contributed by atoms with Crippen LogP contribution in [0.5, 0.6) is 0 Å². The Balaban J connectivity index is 1.26. The molecule has 0 saturated carbocycles. The molecule has 6 rings (SSSR count). The molecule has 10 heteroatoms. The second kappa shape index (κ2) is 23.1. The van der Waals surface area contributed by atoms with E-state index in [4.69, 9.17) is 28.4 Å². The number of fused-ring (bicyclic) bond motifs is 4. The number of benzene rings is 4. The summed E-state index contributed by atoms with van der Waals surface area (Å²) in [6.45, 7) is 12.5. The van der Waals surface area contributed by atoms with Crippen LogP contribution in [0.25, 0.3) is 10.8 Å². The van der Waals surface area contributed by atoms with Gasteiger partial charge in [0.25, 0.3) is 0 Å². The van der Waals surface area contributed by atoms with E-state index in [-0.39, 0.29) is 0 Å². The van der Waals surface area contributed by atoms with Crippen molar-refractivity contribution in [1.29, 1.82) is 0 Å². The Morgan fingerprint density at radius 1 is 0.389 bits per heavy atom. The van der Waals surface area contributed by atoms with Crippen molar-refractivity contribution in [3.63, 3.8) is 0 Å². The molecular weight excluding hydrogens is 681 g/mol. The van der Waals surface area contributed by atoms with Gasteiger partial charge in [-0.1, -0.05) is 36.4 Å². The maximum Gasteiger partial charge on any atom is 0.0701 e. The van der Waals surface area contributed by atoms with Crippen molar-refractivity contribution in [1.82, 2.24) is 0 Å². The predicted molar refractivity (Wildman–Crippen MR) is 219 cm³/mol. The Labute approximate surface area is 322 Å². The summed E-state index contributed by atoms with van der Waals surface area (Å²) in [6, 6.07) is 31.3. The van der Waals surface area contributed by atoms with Crippen LogP contribution < -0.4 is 20.4 Å². The van der Waals surface area contributed by atoms with Crippen molar-refractivity contribution in [3.8, 4) is 0 Å². The lowest BCUT2D eigenvalue weighted by Gasteiger charge is -2.27. The molecule has 2 heterocycles. The zero-order valence-corrected chi connectivity index (χ0v) is 32.0. The van der Waals surface area contributed by atoms with Gasteiger partial charge in [0.15, 0.2) is 0 Å². The fourth-order valence-electron chi connectivity index (χ4n) is 6.83. The highest BCUT2D eigenvalue weighted by atomic mass is 16.5. The zero-order chi connectivity index (χ0) is 36.9. The molecule has 10 nitrogen and oxygen atoms in total. The van der Waals surface area contributed by atoms with Crippen molar-refractivity contribution in [3.05, 3.63) is 96.1 Å². The minimum atomic E-state index is 0.578. The van der Waals surface area contributed by atoms with Gasteiger partial charge in [-0.2, -0.15) is 0 Å². The number of anilines is 4. The SMILES string of the molecule is c1cc2cc(c1)NCCCOCCOCCOCCCNc1cccc(c1)CN1CCCOCCOCCOCCCN(C2)c2ccc3ccc1cc3c2. The third kappa shape index (κ3) is 13.7. The molecular formula is C44H60N4O6. The maximum absolute atomic E-state index is 5.96. The van der Waals surface area contributed by atoms with E-state index in [0.717, 1.165) is 76.3 Å². The quantitative estimate of drug-likeness (QED) is 0.191. The Morgan fingerprint density at radius 3 is 1.24 bits per heavy atom. The van der Waals surface area contributed by atoms with Crippen molar-refractivity contribution in [2.45, 2.75) is 38.8 Å². The molecule has 0 saturated heterocycles. The molecule has 0 radical (unpaired) electrons. The summed E-state index contributed by atoms with van der Waals surface area (Å²) in [5.41, 5.74) is 7.20. The molecule has 0 fully saturated rings. The van der Waals surface area contributed by atoms with Gasteiger partial charge in [0.05, 0.1) is 52.9 Å². The van der Waals surface area contributed by atoms with Crippen molar-refractivity contribution >= 4 is 33.5 Å². The first-order chi connectivity index (χ1) is 26.8. The Bertz CT molecular complexity index is 1540. The zero-order valence-electron chi connectivity index (χ0n) is 32.0. The van der Waals surface area contributed by atoms with E-state index in [1.54, 1.807) is 0 Å². The fourth-order valence-corrected chi connectivity index (χ4v) is 6.83. The smallest absolute Gasteiger partial charge is 0.0701 e. The van der Waals surface area contributed by atoms with Crippen LogP contribution in [-0.4, -0.2) is 105 Å². The van der Waals surface area contributed by atoms with Crippen LogP contribution in [-0.2, 0) is 41.5 Å². The van der Waals surface area contributed by atoms with E-state index >= 15 is 0 Å². The summed E-state index contributed by atoms with van der Waals surface area (Å²) in [5.74, 6) is 0. The molecule has 0 atom stereocenters. The third-order valence-electron chi connectivity index (χ3n) is 9.65. The van der Waals surface area contributed by atoms with Crippen LogP contribution in [0.1, 0.15) is 36.8 Å². The first-order valence-corrected chi connectivity index (χ1v) is 20.0. The van der Waals surface area contributed by atoms with E-state index in [2.05, 4.69) is 105 Å². The molecule has 0 spiro atoms.